The third-order valence-electron chi connectivity index (χ3n) is 5.09. The Morgan fingerprint density at radius 3 is 2.65 bits per heavy atom. The molecule has 6 nitrogen and oxygen atoms in total. The fourth-order valence-corrected chi connectivity index (χ4v) is 4.19. The second-order valence-corrected chi connectivity index (χ2v) is 8.48. The van der Waals surface area contributed by atoms with Gasteiger partial charge >= 0.3 is 0 Å². The van der Waals surface area contributed by atoms with Crippen LogP contribution >= 0.6 is 11.3 Å². The number of aliphatic imine (C=N–C) groups is 1. The van der Waals surface area contributed by atoms with Crippen LogP contribution in [-0.4, -0.2) is 41.7 Å². The minimum atomic E-state index is 0.536. The third-order valence-corrected chi connectivity index (χ3v) is 6.00. The first kappa shape index (κ1) is 22.9. The number of hydrogen-bond acceptors (Lipinski definition) is 5. The summed E-state index contributed by atoms with van der Waals surface area (Å²) < 4.78 is 7.08. The molecule has 0 bridgehead atoms. The van der Waals surface area contributed by atoms with Crippen LogP contribution in [0.1, 0.15) is 38.2 Å². The zero-order valence-electron chi connectivity index (χ0n) is 18.1. The molecule has 164 valence electrons. The fraction of sp³-hybridized carbons (Fsp3) is 0.375. The predicted octanol–water partition coefficient (Wildman–Crippen LogP) is 5.48. The Hall–Kier alpha value is -2.77. The highest BCUT2D eigenvalue weighted by molar-refractivity contribution is 7.20. The van der Waals surface area contributed by atoms with Gasteiger partial charge in [-0.1, -0.05) is 48.9 Å². The van der Waals surface area contributed by atoms with Crippen LogP contribution in [0.3, 0.4) is 0 Å². The molecule has 2 aromatic carbocycles. The zero-order chi connectivity index (χ0) is 21.9. The number of nitrogens with two attached hydrogens (primary N) is 1. The van der Waals surface area contributed by atoms with E-state index in [-0.39, 0.29) is 0 Å². The van der Waals surface area contributed by atoms with Crippen molar-refractivity contribution in [3.05, 3.63) is 54.1 Å². The molecular weight excluding hydrogens is 406 g/mol. The molecule has 3 aromatic rings. The number of nitrogens with zero attached hydrogens (tertiary/aromatic N) is 3. The SMILES string of the molecule is CCCCN(CCCC(N)=NC=N)CCc1ccc(Oc2nc3ccccc3s2)cc1. The number of amidine groups is 1. The number of ether oxygens (including phenoxy) is 1. The summed E-state index contributed by atoms with van der Waals surface area (Å²) in [4.78, 5) is 10.9. The van der Waals surface area contributed by atoms with E-state index in [1.165, 1.54) is 18.4 Å². The Labute approximate surface area is 188 Å². The van der Waals surface area contributed by atoms with Crippen molar-refractivity contribution in [2.45, 2.75) is 39.0 Å². The lowest BCUT2D eigenvalue weighted by molar-refractivity contribution is 0.271. The molecule has 0 aliphatic rings. The van der Waals surface area contributed by atoms with Crippen LogP contribution in [0.4, 0.5) is 0 Å². The first-order chi connectivity index (χ1) is 15.2. The Balaban J connectivity index is 1.50. The monoisotopic (exact) mass is 437 g/mol. The van der Waals surface area contributed by atoms with Crippen LogP contribution in [0.15, 0.2) is 53.5 Å². The van der Waals surface area contributed by atoms with E-state index < -0.39 is 0 Å². The van der Waals surface area contributed by atoms with E-state index in [0.29, 0.717) is 11.0 Å². The summed E-state index contributed by atoms with van der Waals surface area (Å²) in [6.07, 6.45) is 6.08. The van der Waals surface area contributed by atoms with Crippen LogP contribution < -0.4 is 10.5 Å². The van der Waals surface area contributed by atoms with Crippen molar-refractivity contribution in [3.8, 4) is 10.9 Å². The lowest BCUT2D eigenvalue weighted by Gasteiger charge is -2.22. The van der Waals surface area contributed by atoms with E-state index in [4.69, 9.17) is 15.9 Å². The van der Waals surface area contributed by atoms with Gasteiger partial charge in [0.15, 0.2) is 0 Å². The van der Waals surface area contributed by atoms with Gasteiger partial charge in [-0.15, -0.1) is 0 Å². The molecule has 0 aliphatic heterocycles. The quantitative estimate of drug-likeness (QED) is 0.274. The lowest BCUT2D eigenvalue weighted by Crippen LogP contribution is -2.29. The molecule has 31 heavy (non-hydrogen) atoms. The summed E-state index contributed by atoms with van der Waals surface area (Å²) in [6, 6.07) is 16.4. The summed E-state index contributed by atoms with van der Waals surface area (Å²) in [5.74, 6) is 1.35. The molecule has 0 aliphatic carbocycles. The number of aromatic nitrogens is 1. The largest absolute Gasteiger partial charge is 0.431 e. The molecule has 0 radical (unpaired) electrons. The molecule has 0 amide bonds. The first-order valence-electron chi connectivity index (χ1n) is 10.8. The molecule has 0 saturated carbocycles. The van der Waals surface area contributed by atoms with Crippen molar-refractivity contribution in [2.24, 2.45) is 10.7 Å². The average Bonchev–Trinajstić information content (AvgIpc) is 3.18. The molecule has 7 heteroatoms. The van der Waals surface area contributed by atoms with Gasteiger partial charge in [-0.2, -0.15) is 0 Å². The maximum atomic E-state index is 6.99. The molecule has 0 spiro atoms. The van der Waals surface area contributed by atoms with Crippen molar-refractivity contribution in [3.63, 3.8) is 0 Å². The van der Waals surface area contributed by atoms with E-state index in [1.807, 2.05) is 30.3 Å². The second-order valence-electron chi connectivity index (χ2n) is 7.49. The molecule has 0 unspecified atom stereocenters. The van der Waals surface area contributed by atoms with Crippen molar-refractivity contribution < 1.29 is 4.74 Å². The van der Waals surface area contributed by atoms with Gasteiger partial charge in [-0.3, -0.25) is 5.41 Å². The maximum Gasteiger partial charge on any atom is 0.279 e. The van der Waals surface area contributed by atoms with E-state index in [1.54, 1.807) is 11.3 Å². The minimum Gasteiger partial charge on any atom is -0.431 e. The smallest absolute Gasteiger partial charge is 0.279 e. The van der Waals surface area contributed by atoms with Crippen molar-refractivity contribution in [1.29, 1.82) is 5.41 Å². The highest BCUT2D eigenvalue weighted by atomic mass is 32.1. The Kier molecular flexibility index (Phi) is 8.99. The summed E-state index contributed by atoms with van der Waals surface area (Å²) >= 11 is 1.56. The highest BCUT2D eigenvalue weighted by Crippen LogP contribution is 2.31. The topological polar surface area (TPSA) is 87.6 Å². The van der Waals surface area contributed by atoms with Gasteiger partial charge in [-0.05, 0) is 62.2 Å². The normalized spacial score (nSPS) is 11.9. The first-order valence-corrected chi connectivity index (χ1v) is 11.7. The van der Waals surface area contributed by atoms with Crippen LogP contribution in [0.2, 0.25) is 0 Å². The van der Waals surface area contributed by atoms with E-state index >= 15 is 0 Å². The van der Waals surface area contributed by atoms with Gasteiger partial charge in [0, 0.05) is 13.0 Å². The minimum absolute atomic E-state index is 0.536. The highest BCUT2D eigenvalue weighted by Gasteiger charge is 2.08. The number of fused-ring (bicyclic) bond motifs is 1. The molecule has 0 atom stereocenters. The van der Waals surface area contributed by atoms with Gasteiger partial charge in [-0.25, -0.2) is 9.98 Å². The van der Waals surface area contributed by atoms with E-state index in [2.05, 4.69) is 40.0 Å². The van der Waals surface area contributed by atoms with Crippen molar-refractivity contribution in [1.82, 2.24) is 9.88 Å². The van der Waals surface area contributed by atoms with Crippen molar-refractivity contribution in [2.75, 3.05) is 19.6 Å². The summed E-state index contributed by atoms with van der Waals surface area (Å²) in [5, 5.41) is 7.67. The summed E-state index contributed by atoms with van der Waals surface area (Å²) in [6.45, 7) is 5.32. The Morgan fingerprint density at radius 2 is 1.90 bits per heavy atom. The Bertz CT molecular complexity index is 950. The summed E-state index contributed by atoms with van der Waals surface area (Å²) in [5.41, 5.74) is 8.06. The molecule has 1 heterocycles. The number of thiazole rings is 1. The van der Waals surface area contributed by atoms with Gasteiger partial charge < -0.3 is 15.4 Å². The lowest BCUT2D eigenvalue weighted by atomic mass is 10.1. The van der Waals surface area contributed by atoms with Gasteiger partial charge in [0.2, 0.25) is 0 Å². The number of rotatable bonds is 13. The molecule has 1 aromatic heterocycles. The van der Waals surface area contributed by atoms with Gasteiger partial charge in [0.25, 0.3) is 5.19 Å². The fourth-order valence-electron chi connectivity index (χ4n) is 3.36. The molecule has 0 saturated heterocycles. The predicted molar refractivity (Wildman–Crippen MR) is 131 cm³/mol. The number of nitrogens with one attached hydrogen (secondary N) is 1. The number of para-hydroxylation sites is 1. The maximum absolute atomic E-state index is 6.99. The average molecular weight is 438 g/mol. The van der Waals surface area contributed by atoms with Crippen LogP contribution in [0.25, 0.3) is 10.2 Å². The number of hydrogen-bond donors (Lipinski definition) is 2. The number of unbranched alkanes of at least 4 members (excludes halogenated alkanes) is 1. The van der Waals surface area contributed by atoms with E-state index in [0.717, 1.165) is 61.2 Å². The zero-order valence-corrected chi connectivity index (χ0v) is 18.9. The number of benzene rings is 2. The van der Waals surface area contributed by atoms with Gasteiger partial charge in [0.1, 0.15) is 17.9 Å². The van der Waals surface area contributed by atoms with Crippen LogP contribution in [0, 0.1) is 5.41 Å². The third kappa shape index (κ3) is 7.45. The molecule has 3 N–H and O–H groups in total. The molecular formula is C24H31N5OS. The van der Waals surface area contributed by atoms with Gasteiger partial charge in [0.05, 0.1) is 10.2 Å². The van der Waals surface area contributed by atoms with Crippen LogP contribution in [-0.2, 0) is 6.42 Å². The standard InChI is InChI=1S/C24H31N5OS/c1-2-3-15-29(16-6-9-23(26)27-18-25)17-14-19-10-12-20(13-11-19)30-24-28-21-7-4-5-8-22(21)31-24/h4-5,7-8,10-13,18H,2-3,6,9,14-17H2,1H3,(H3,25,26,27). The van der Waals surface area contributed by atoms with E-state index in [9.17, 15) is 0 Å². The molecule has 0 fully saturated rings. The Morgan fingerprint density at radius 1 is 1.13 bits per heavy atom. The van der Waals surface area contributed by atoms with Crippen LogP contribution in [0.5, 0.6) is 10.9 Å². The summed E-state index contributed by atoms with van der Waals surface area (Å²) in [7, 11) is 0. The molecule has 3 rings (SSSR count). The van der Waals surface area contributed by atoms with Crippen molar-refractivity contribution >= 4 is 33.7 Å². The second kappa shape index (κ2) is 12.2.